The lowest BCUT2D eigenvalue weighted by Gasteiger charge is -2.04. The molecule has 0 unspecified atom stereocenters. The first-order valence-electron chi connectivity index (χ1n) is 8.28. The minimum atomic E-state index is -0.526. The maximum atomic E-state index is 12.3. The summed E-state index contributed by atoms with van der Waals surface area (Å²) in [6.07, 6.45) is 1.36. The van der Waals surface area contributed by atoms with Crippen molar-refractivity contribution in [1.29, 1.82) is 5.26 Å². The minimum absolute atomic E-state index is 0.0893. The molecule has 0 saturated carbocycles. The average Bonchev–Trinajstić information content (AvgIpc) is 3.07. The van der Waals surface area contributed by atoms with E-state index >= 15 is 0 Å². The second-order valence-corrected chi connectivity index (χ2v) is 6.93. The number of rotatable bonds is 5. The summed E-state index contributed by atoms with van der Waals surface area (Å²) < 4.78 is 5.61. The Bertz CT molecular complexity index is 1140. The summed E-state index contributed by atoms with van der Waals surface area (Å²) in [5, 5.41) is 12.8. The van der Waals surface area contributed by atoms with Crippen LogP contribution in [0.2, 0.25) is 0 Å². The van der Waals surface area contributed by atoms with Gasteiger partial charge in [-0.05, 0) is 49.9 Å². The van der Waals surface area contributed by atoms with Crippen LogP contribution >= 0.6 is 11.8 Å². The molecule has 1 amide bonds. The van der Waals surface area contributed by atoms with Crippen molar-refractivity contribution in [2.45, 2.75) is 24.1 Å². The smallest absolute Gasteiger partial charge is 0.266 e. The SMILES string of the molecule is Cc1ccc(NC(=O)/C(C#N)=C/c2ccc(Sc3nc(C)cc(=O)[nH]3)o2)cc1. The quantitative estimate of drug-likeness (QED) is 0.389. The van der Waals surface area contributed by atoms with Crippen molar-refractivity contribution >= 4 is 29.4 Å². The maximum absolute atomic E-state index is 12.3. The van der Waals surface area contributed by atoms with Crippen molar-refractivity contribution in [3.63, 3.8) is 0 Å². The highest BCUT2D eigenvalue weighted by molar-refractivity contribution is 7.99. The number of benzene rings is 1. The summed E-state index contributed by atoms with van der Waals surface area (Å²) in [4.78, 5) is 30.6. The molecule has 0 fully saturated rings. The topological polar surface area (TPSA) is 112 Å². The van der Waals surface area contributed by atoms with Gasteiger partial charge in [0.15, 0.2) is 10.2 Å². The van der Waals surface area contributed by atoms with Gasteiger partial charge in [0.2, 0.25) is 0 Å². The van der Waals surface area contributed by atoms with Crippen LogP contribution in [-0.4, -0.2) is 15.9 Å². The Balaban J connectivity index is 1.74. The monoisotopic (exact) mass is 392 g/mol. The van der Waals surface area contributed by atoms with E-state index in [0.717, 1.165) is 17.3 Å². The molecule has 0 saturated heterocycles. The van der Waals surface area contributed by atoms with Crippen LogP contribution in [0, 0.1) is 25.2 Å². The number of nitrogens with zero attached hydrogens (tertiary/aromatic N) is 2. The fourth-order valence-electron chi connectivity index (χ4n) is 2.29. The molecule has 8 heteroatoms. The van der Waals surface area contributed by atoms with Gasteiger partial charge in [0.1, 0.15) is 17.4 Å². The van der Waals surface area contributed by atoms with Crippen molar-refractivity contribution in [3.05, 3.63) is 75.4 Å². The van der Waals surface area contributed by atoms with Crippen molar-refractivity contribution in [2.75, 3.05) is 5.32 Å². The van der Waals surface area contributed by atoms with Crippen LogP contribution in [0.15, 0.2) is 67.5 Å². The Hall–Kier alpha value is -3.57. The third-order valence-electron chi connectivity index (χ3n) is 3.61. The molecular formula is C20H16N4O3S. The van der Waals surface area contributed by atoms with Gasteiger partial charge in [-0.3, -0.25) is 9.59 Å². The predicted octanol–water partition coefficient (Wildman–Crippen LogP) is 3.68. The molecule has 2 heterocycles. The van der Waals surface area contributed by atoms with Gasteiger partial charge < -0.3 is 14.7 Å². The summed E-state index contributed by atoms with van der Waals surface area (Å²) in [7, 11) is 0. The van der Waals surface area contributed by atoms with E-state index in [-0.39, 0.29) is 11.1 Å². The highest BCUT2D eigenvalue weighted by atomic mass is 32.2. The van der Waals surface area contributed by atoms with E-state index < -0.39 is 5.91 Å². The molecule has 0 spiro atoms. The van der Waals surface area contributed by atoms with Crippen LogP contribution in [0.4, 0.5) is 5.69 Å². The highest BCUT2D eigenvalue weighted by Gasteiger charge is 2.12. The number of carbonyl (C=O) groups is 1. The lowest BCUT2D eigenvalue weighted by Crippen LogP contribution is -2.13. The Kier molecular flexibility index (Phi) is 5.77. The molecule has 0 bridgehead atoms. The Morgan fingerprint density at radius 1 is 1.25 bits per heavy atom. The number of amides is 1. The van der Waals surface area contributed by atoms with E-state index in [1.807, 2.05) is 25.1 Å². The van der Waals surface area contributed by atoms with Crippen molar-refractivity contribution < 1.29 is 9.21 Å². The predicted molar refractivity (Wildman–Crippen MR) is 106 cm³/mol. The van der Waals surface area contributed by atoms with Crippen LogP contribution < -0.4 is 10.9 Å². The standard InChI is InChI=1S/C20H16N4O3S/c1-12-3-5-15(6-4-12)23-19(26)14(11-21)10-16-7-8-18(27-16)28-20-22-13(2)9-17(25)24-20/h3-10H,1-2H3,(H,23,26)(H,22,24,25)/b14-10+. The molecule has 7 nitrogen and oxygen atoms in total. The van der Waals surface area contributed by atoms with E-state index in [2.05, 4.69) is 15.3 Å². The first-order chi connectivity index (χ1) is 13.4. The zero-order chi connectivity index (χ0) is 20.1. The number of aryl methyl sites for hydroxylation is 2. The maximum Gasteiger partial charge on any atom is 0.266 e. The number of hydrogen-bond donors (Lipinski definition) is 2. The Morgan fingerprint density at radius 3 is 2.68 bits per heavy atom. The van der Waals surface area contributed by atoms with Gasteiger partial charge in [0.05, 0.1) is 0 Å². The van der Waals surface area contributed by atoms with Crippen LogP contribution in [0.1, 0.15) is 17.0 Å². The van der Waals surface area contributed by atoms with Crippen molar-refractivity contribution in [2.24, 2.45) is 0 Å². The molecule has 0 aliphatic carbocycles. The number of H-pyrrole nitrogens is 1. The first-order valence-corrected chi connectivity index (χ1v) is 9.10. The van der Waals surface area contributed by atoms with Gasteiger partial charge >= 0.3 is 0 Å². The number of nitrogens with one attached hydrogen (secondary N) is 2. The number of anilines is 1. The third kappa shape index (κ3) is 4.99. The second kappa shape index (κ2) is 8.41. The summed E-state index contributed by atoms with van der Waals surface area (Å²) in [5.74, 6) is -0.185. The molecule has 0 atom stereocenters. The number of hydrogen-bond acceptors (Lipinski definition) is 6. The number of furan rings is 1. The van der Waals surface area contributed by atoms with E-state index in [9.17, 15) is 14.9 Å². The Morgan fingerprint density at radius 2 is 2.00 bits per heavy atom. The largest absolute Gasteiger partial charge is 0.450 e. The highest BCUT2D eigenvalue weighted by Crippen LogP contribution is 2.27. The fourth-order valence-corrected chi connectivity index (χ4v) is 3.09. The molecule has 0 aliphatic heterocycles. The normalized spacial score (nSPS) is 11.1. The summed E-state index contributed by atoms with van der Waals surface area (Å²) in [5.41, 5.74) is 1.92. The van der Waals surface area contributed by atoms with E-state index in [0.29, 0.717) is 27.4 Å². The molecule has 140 valence electrons. The van der Waals surface area contributed by atoms with E-state index in [4.69, 9.17) is 4.42 Å². The van der Waals surface area contributed by atoms with Gasteiger partial charge in [-0.15, -0.1) is 0 Å². The molecule has 2 N–H and O–H groups in total. The molecule has 28 heavy (non-hydrogen) atoms. The van der Waals surface area contributed by atoms with Crippen molar-refractivity contribution in [1.82, 2.24) is 9.97 Å². The molecular weight excluding hydrogens is 376 g/mol. The van der Waals surface area contributed by atoms with Gasteiger partial charge in [-0.2, -0.15) is 5.26 Å². The van der Waals surface area contributed by atoms with E-state index in [1.54, 1.807) is 31.2 Å². The molecule has 0 radical (unpaired) electrons. The minimum Gasteiger partial charge on any atom is -0.450 e. The number of aromatic nitrogens is 2. The molecule has 2 aromatic heterocycles. The average molecular weight is 392 g/mol. The van der Waals surface area contributed by atoms with Gasteiger partial charge in [0.25, 0.3) is 11.5 Å². The van der Waals surface area contributed by atoms with Crippen LogP contribution in [0.5, 0.6) is 0 Å². The zero-order valence-electron chi connectivity index (χ0n) is 15.1. The first kappa shape index (κ1) is 19.2. The molecule has 1 aromatic carbocycles. The lowest BCUT2D eigenvalue weighted by atomic mass is 10.2. The molecule has 3 aromatic rings. The zero-order valence-corrected chi connectivity index (χ0v) is 16.0. The van der Waals surface area contributed by atoms with Crippen molar-refractivity contribution in [3.8, 4) is 6.07 Å². The number of carbonyl (C=O) groups excluding carboxylic acids is 1. The summed E-state index contributed by atoms with van der Waals surface area (Å²) in [6.45, 7) is 3.67. The van der Waals surface area contributed by atoms with Gasteiger partial charge in [-0.25, -0.2) is 4.98 Å². The van der Waals surface area contributed by atoms with Gasteiger partial charge in [0, 0.05) is 23.5 Å². The number of nitriles is 1. The van der Waals surface area contributed by atoms with E-state index in [1.165, 1.54) is 12.1 Å². The second-order valence-electron chi connectivity index (χ2n) is 5.94. The number of aromatic amines is 1. The summed E-state index contributed by atoms with van der Waals surface area (Å²) >= 11 is 1.14. The van der Waals surface area contributed by atoms with Gasteiger partial charge in [-0.1, -0.05) is 17.7 Å². The Labute approximate surface area is 165 Å². The fraction of sp³-hybridized carbons (Fsp3) is 0.100. The van der Waals surface area contributed by atoms with Crippen LogP contribution in [-0.2, 0) is 4.79 Å². The lowest BCUT2D eigenvalue weighted by molar-refractivity contribution is -0.112. The summed E-state index contributed by atoms with van der Waals surface area (Å²) in [6, 6.07) is 13.8. The molecule has 0 aliphatic rings. The third-order valence-corrected chi connectivity index (χ3v) is 4.42. The molecule has 3 rings (SSSR count). The van der Waals surface area contributed by atoms with Crippen LogP contribution in [0.25, 0.3) is 6.08 Å². The van der Waals surface area contributed by atoms with Crippen LogP contribution in [0.3, 0.4) is 0 Å².